The van der Waals surface area contributed by atoms with Crippen LogP contribution in [0.15, 0.2) is 30.6 Å². The summed E-state index contributed by atoms with van der Waals surface area (Å²) in [5, 5.41) is 4.78. The highest BCUT2D eigenvalue weighted by Crippen LogP contribution is 2.27. The largest absolute Gasteiger partial charge is 0.378 e. The van der Waals surface area contributed by atoms with Crippen LogP contribution in [0.25, 0.3) is 11.0 Å². The number of carbonyl (C=O) groups is 2. The van der Waals surface area contributed by atoms with Gasteiger partial charge < -0.3 is 14.5 Å². The first-order valence-electron chi connectivity index (χ1n) is 12.0. The number of carbonyl (C=O) groups excluding carboxylic acids is 2. The Morgan fingerprint density at radius 2 is 1.82 bits per heavy atom. The van der Waals surface area contributed by atoms with Crippen LogP contribution >= 0.6 is 0 Å². The van der Waals surface area contributed by atoms with E-state index >= 15 is 0 Å². The summed E-state index contributed by atoms with van der Waals surface area (Å²) in [6.45, 7) is 8.26. The van der Waals surface area contributed by atoms with Crippen molar-refractivity contribution in [2.75, 3.05) is 32.8 Å². The van der Waals surface area contributed by atoms with E-state index in [0.717, 1.165) is 24.2 Å². The van der Waals surface area contributed by atoms with E-state index in [1.165, 1.54) is 0 Å². The minimum atomic E-state index is -0.101. The van der Waals surface area contributed by atoms with Crippen LogP contribution in [0, 0.1) is 5.92 Å². The molecule has 0 aliphatic carbocycles. The maximum Gasteiger partial charge on any atom is 0.274 e. The third-order valence-electron chi connectivity index (χ3n) is 6.57. The van der Waals surface area contributed by atoms with E-state index in [0.29, 0.717) is 74.0 Å². The van der Waals surface area contributed by atoms with E-state index in [2.05, 4.69) is 23.8 Å². The fourth-order valence-electron chi connectivity index (χ4n) is 4.65. The van der Waals surface area contributed by atoms with Crippen LogP contribution in [-0.2, 0) is 24.2 Å². The van der Waals surface area contributed by atoms with Gasteiger partial charge in [0.05, 0.1) is 30.8 Å². The van der Waals surface area contributed by atoms with E-state index in [-0.39, 0.29) is 11.8 Å². The maximum atomic E-state index is 13.5. The van der Waals surface area contributed by atoms with E-state index in [1.54, 1.807) is 28.3 Å². The predicted molar refractivity (Wildman–Crippen MR) is 126 cm³/mol. The average Bonchev–Trinajstić information content (AvgIpc) is 3.24. The molecule has 0 unspecified atom stereocenters. The van der Waals surface area contributed by atoms with E-state index in [4.69, 9.17) is 9.84 Å². The third-order valence-corrected chi connectivity index (χ3v) is 6.57. The van der Waals surface area contributed by atoms with Crippen LogP contribution in [0.1, 0.15) is 52.4 Å². The Balaban J connectivity index is 1.47. The molecule has 0 radical (unpaired) electrons. The van der Waals surface area contributed by atoms with Gasteiger partial charge in [0.15, 0.2) is 5.69 Å². The minimum absolute atomic E-state index is 0.0758. The van der Waals surface area contributed by atoms with Gasteiger partial charge in [-0.05, 0) is 24.5 Å². The summed E-state index contributed by atoms with van der Waals surface area (Å²) in [5.41, 5.74) is 4.22. The van der Waals surface area contributed by atoms with Crippen LogP contribution < -0.4 is 0 Å². The summed E-state index contributed by atoms with van der Waals surface area (Å²) in [4.78, 5) is 39.3. The van der Waals surface area contributed by atoms with Crippen molar-refractivity contribution >= 4 is 22.8 Å². The van der Waals surface area contributed by atoms with Crippen molar-refractivity contribution in [2.24, 2.45) is 5.92 Å². The molecule has 178 valence electrons. The molecular formula is C25H30N6O3. The van der Waals surface area contributed by atoms with Crippen LogP contribution in [0.2, 0.25) is 0 Å². The molecule has 34 heavy (non-hydrogen) atoms. The first kappa shape index (κ1) is 22.5. The molecule has 2 aliphatic rings. The molecule has 2 aliphatic heterocycles. The smallest absolute Gasteiger partial charge is 0.274 e. The summed E-state index contributed by atoms with van der Waals surface area (Å²) >= 11 is 0. The SMILES string of the molecule is CC(C)CCn1nc(C(=O)N2CCOCC2)c2c1CCN(C(=O)c1cccc3nccnc13)C2. The van der Waals surface area contributed by atoms with Gasteiger partial charge >= 0.3 is 0 Å². The number of hydrogen-bond donors (Lipinski definition) is 0. The molecule has 1 fully saturated rings. The van der Waals surface area contributed by atoms with Gasteiger partial charge in [-0.1, -0.05) is 19.9 Å². The van der Waals surface area contributed by atoms with Gasteiger partial charge in [-0.15, -0.1) is 0 Å². The van der Waals surface area contributed by atoms with E-state index < -0.39 is 0 Å². The van der Waals surface area contributed by atoms with Crippen molar-refractivity contribution < 1.29 is 14.3 Å². The quantitative estimate of drug-likeness (QED) is 0.579. The van der Waals surface area contributed by atoms with Crippen molar-refractivity contribution in [3.63, 3.8) is 0 Å². The topological polar surface area (TPSA) is 93.5 Å². The van der Waals surface area contributed by atoms with Crippen molar-refractivity contribution in [1.29, 1.82) is 0 Å². The summed E-state index contributed by atoms with van der Waals surface area (Å²) in [6.07, 6.45) is 4.87. The number of morpholine rings is 1. The van der Waals surface area contributed by atoms with Gasteiger partial charge in [-0.3, -0.25) is 24.2 Å². The predicted octanol–water partition coefficient (Wildman–Crippen LogP) is 2.54. The third kappa shape index (κ3) is 4.27. The molecule has 2 amide bonds. The van der Waals surface area contributed by atoms with Gasteiger partial charge in [0.1, 0.15) is 5.52 Å². The Morgan fingerprint density at radius 1 is 1.03 bits per heavy atom. The van der Waals surface area contributed by atoms with Crippen molar-refractivity contribution in [3.05, 3.63) is 53.1 Å². The molecule has 0 spiro atoms. The zero-order chi connectivity index (χ0) is 23.7. The number of rotatable bonds is 5. The van der Waals surface area contributed by atoms with Crippen LogP contribution in [0.5, 0.6) is 0 Å². The Hall–Kier alpha value is -3.33. The Morgan fingerprint density at radius 3 is 2.62 bits per heavy atom. The normalized spacial score (nSPS) is 16.2. The summed E-state index contributed by atoms with van der Waals surface area (Å²) in [5.74, 6) is 0.358. The van der Waals surface area contributed by atoms with Crippen molar-refractivity contribution in [1.82, 2.24) is 29.5 Å². The van der Waals surface area contributed by atoms with Gasteiger partial charge in [0.25, 0.3) is 11.8 Å². The lowest BCUT2D eigenvalue weighted by Crippen LogP contribution is -2.42. The number of hydrogen-bond acceptors (Lipinski definition) is 6. The Labute approximate surface area is 198 Å². The molecular weight excluding hydrogens is 432 g/mol. The number of para-hydroxylation sites is 1. The van der Waals surface area contributed by atoms with Crippen LogP contribution in [0.3, 0.4) is 0 Å². The number of aromatic nitrogens is 4. The molecule has 3 aromatic rings. The highest BCUT2D eigenvalue weighted by Gasteiger charge is 2.33. The number of fused-ring (bicyclic) bond motifs is 2. The fourth-order valence-corrected chi connectivity index (χ4v) is 4.65. The molecule has 0 saturated carbocycles. The number of ether oxygens (including phenoxy) is 1. The summed E-state index contributed by atoms with van der Waals surface area (Å²) in [7, 11) is 0. The molecule has 1 saturated heterocycles. The fraction of sp³-hybridized carbons (Fsp3) is 0.480. The number of nitrogens with zero attached hydrogens (tertiary/aromatic N) is 6. The van der Waals surface area contributed by atoms with Gasteiger partial charge in [0, 0.05) is 56.3 Å². The second-order valence-corrected chi connectivity index (χ2v) is 9.29. The van der Waals surface area contributed by atoms with E-state index in [1.807, 2.05) is 16.8 Å². The molecule has 2 aromatic heterocycles. The monoisotopic (exact) mass is 462 g/mol. The highest BCUT2D eigenvalue weighted by molar-refractivity contribution is 6.04. The van der Waals surface area contributed by atoms with Gasteiger partial charge in [-0.2, -0.15) is 5.10 Å². The molecule has 0 N–H and O–H groups in total. The molecule has 1 aromatic carbocycles. The van der Waals surface area contributed by atoms with Crippen molar-refractivity contribution in [3.8, 4) is 0 Å². The standard InChI is InChI=1S/C25H30N6O3/c1-17(2)6-11-31-21-7-10-30(24(32)18-4-3-5-20-22(18)27-9-8-26-20)16-19(21)23(28-31)25(33)29-12-14-34-15-13-29/h3-5,8-9,17H,6-7,10-16H2,1-2H3. The summed E-state index contributed by atoms with van der Waals surface area (Å²) < 4.78 is 7.41. The van der Waals surface area contributed by atoms with Crippen molar-refractivity contribution in [2.45, 2.75) is 39.8 Å². The van der Waals surface area contributed by atoms with Gasteiger partial charge in [0.2, 0.25) is 0 Å². The highest BCUT2D eigenvalue weighted by atomic mass is 16.5. The molecule has 4 heterocycles. The first-order chi connectivity index (χ1) is 16.5. The molecule has 9 nitrogen and oxygen atoms in total. The van der Waals surface area contributed by atoms with E-state index in [9.17, 15) is 9.59 Å². The lowest BCUT2D eigenvalue weighted by Gasteiger charge is -2.29. The van der Waals surface area contributed by atoms with Crippen LogP contribution in [-0.4, -0.2) is 74.2 Å². The zero-order valence-corrected chi connectivity index (χ0v) is 19.7. The lowest BCUT2D eigenvalue weighted by atomic mass is 10.0. The lowest BCUT2D eigenvalue weighted by molar-refractivity contribution is 0.0296. The number of amides is 2. The number of benzene rings is 1. The molecule has 5 rings (SSSR count). The maximum absolute atomic E-state index is 13.5. The molecule has 0 atom stereocenters. The Kier molecular flexibility index (Phi) is 6.28. The minimum Gasteiger partial charge on any atom is -0.378 e. The molecule has 0 bridgehead atoms. The second-order valence-electron chi connectivity index (χ2n) is 9.29. The Bertz CT molecular complexity index is 1210. The number of aryl methyl sites for hydroxylation is 1. The zero-order valence-electron chi connectivity index (χ0n) is 19.7. The second kappa shape index (κ2) is 9.50. The molecule has 9 heteroatoms. The van der Waals surface area contributed by atoms with Crippen LogP contribution in [0.4, 0.5) is 0 Å². The first-order valence-corrected chi connectivity index (χ1v) is 12.0. The average molecular weight is 463 g/mol. The summed E-state index contributed by atoms with van der Waals surface area (Å²) in [6, 6.07) is 5.48. The van der Waals surface area contributed by atoms with Gasteiger partial charge in [-0.25, -0.2) is 0 Å².